The van der Waals surface area contributed by atoms with Crippen molar-refractivity contribution < 1.29 is 26.7 Å². The molecule has 3 rings (SSSR count). The van der Waals surface area contributed by atoms with Crippen LogP contribution in [-0.4, -0.2) is 45.0 Å². The van der Waals surface area contributed by atoms with Crippen molar-refractivity contribution in [1.82, 2.24) is 9.71 Å². The molecule has 0 amide bonds. The molecule has 2 heterocycles. The van der Waals surface area contributed by atoms with Gasteiger partial charge in [0.1, 0.15) is 17.4 Å². The summed E-state index contributed by atoms with van der Waals surface area (Å²) >= 11 is 0. The molecule has 28 heavy (non-hydrogen) atoms. The van der Waals surface area contributed by atoms with Crippen LogP contribution in [0.4, 0.5) is 8.78 Å². The van der Waals surface area contributed by atoms with Crippen molar-refractivity contribution in [3.63, 3.8) is 0 Å². The fourth-order valence-corrected chi connectivity index (χ4v) is 3.90. The summed E-state index contributed by atoms with van der Waals surface area (Å²) in [5, 5.41) is 0. The minimum absolute atomic E-state index is 0.00201. The number of ether oxygens (including phenoxy) is 2. The number of hydrogen-bond donors (Lipinski definition) is 1. The highest BCUT2D eigenvalue weighted by Crippen LogP contribution is 2.26. The van der Waals surface area contributed by atoms with Crippen LogP contribution in [0.5, 0.6) is 5.75 Å². The molecule has 0 saturated carbocycles. The smallest absolute Gasteiger partial charge is 0.211 e. The van der Waals surface area contributed by atoms with Gasteiger partial charge in [-0.2, -0.15) is 0 Å². The van der Waals surface area contributed by atoms with Gasteiger partial charge in [0.15, 0.2) is 0 Å². The number of sulfonamides is 1. The van der Waals surface area contributed by atoms with E-state index in [-0.39, 0.29) is 29.9 Å². The zero-order valence-electron chi connectivity index (χ0n) is 15.4. The van der Waals surface area contributed by atoms with Gasteiger partial charge in [0.2, 0.25) is 10.0 Å². The van der Waals surface area contributed by atoms with Crippen LogP contribution in [0.3, 0.4) is 0 Å². The van der Waals surface area contributed by atoms with Crippen LogP contribution in [0.25, 0.3) is 11.3 Å². The first-order valence-electron chi connectivity index (χ1n) is 9.00. The number of benzene rings is 1. The van der Waals surface area contributed by atoms with E-state index in [2.05, 4.69) is 9.71 Å². The quantitative estimate of drug-likeness (QED) is 0.757. The summed E-state index contributed by atoms with van der Waals surface area (Å²) in [6.45, 7) is 2.59. The van der Waals surface area contributed by atoms with Gasteiger partial charge in [-0.25, -0.2) is 21.9 Å². The molecule has 1 aromatic heterocycles. The third-order valence-corrected chi connectivity index (χ3v) is 6.02. The Kier molecular flexibility index (Phi) is 6.58. The molecule has 2 atom stereocenters. The average molecular weight is 412 g/mol. The number of pyridine rings is 1. The van der Waals surface area contributed by atoms with E-state index in [0.29, 0.717) is 31.1 Å². The minimum Gasteiger partial charge on any atom is -0.493 e. The molecule has 0 radical (unpaired) electrons. The first-order chi connectivity index (χ1) is 13.4. The lowest BCUT2D eigenvalue weighted by Gasteiger charge is -2.31. The maximum Gasteiger partial charge on any atom is 0.211 e. The van der Waals surface area contributed by atoms with E-state index in [0.717, 1.165) is 6.20 Å². The summed E-state index contributed by atoms with van der Waals surface area (Å²) in [5.41, 5.74) is 0.557. The molecule has 1 aromatic carbocycles. The van der Waals surface area contributed by atoms with Crippen LogP contribution < -0.4 is 9.46 Å². The second kappa shape index (κ2) is 8.93. The Morgan fingerprint density at radius 3 is 2.79 bits per heavy atom. The predicted octanol–water partition coefficient (Wildman–Crippen LogP) is 2.75. The van der Waals surface area contributed by atoms with Gasteiger partial charge in [-0.05, 0) is 37.6 Å². The van der Waals surface area contributed by atoms with Crippen molar-refractivity contribution in [2.45, 2.75) is 19.4 Å². The molecule has 1 aliphatic heterocycles. The lowest BCUT2D eigenvalue weighted by atomic mass is 9.98. The lowest BCUT2D eigenvalue weighted by molar-refractivity contribution is 0.0186. The number of nitrogens with zero attached hydrogens (tertiary/aromatic N) is 1. The Bertz CT molecular complexity index is 907. The highest BCUT2D eigenvalue weighted by atomic mass is 32.2. The molecule has 0 aliphatic carbocycles. The van der Waals surface area contributed by atoms with Crippen molar-refractivity contribution >= 4 is 10.0 Å². The summed E-state index contributed by atoms with van der Waals surface area (Å²) in [6, 6.07) is 6.67. The molecule has 9 heteroatoms. The molecule has 1 aliphatic rings. The topological polar surface area (TPSA) is 77.5 Å². The molecule has 1 N–H and O–H groups in total. The number of halogens is 2. The van der Waals surface area contributed by atoms with Gasteiger partial charge in [0.25, 0.3) is 0 Å². The van der Waals surface area contributed by atoms with Crippen molar-refractivity contribution in [2.24, 2.45) is 5.92 Å². The van der Waals surface area contributed by atoms with E-state index in [4.69, 9.17) is 9.47 Å². The third-order valence-electron chi connectivity index (χ3n) is 4.59. The van der Waals surface area contributed by atoms with E-state index in [1.54, 1.807) is 13.0 Å². The molecule has 6 nitrogen and oxygen atoms in total. The second-order valence-electron chi connectivity index (χ2n) is 6.57. The summed E-state index contributed by atoms with van der Waals surface area (Å²) < 4.78 is 64.9. The maximum atomic E-state index is 14.4. The summed E-state index contributed by atoms with van der Waals surface area (Å²) in [7, 11) is -3.34. The highest BCUT2D eigenvalue weighted by molar-refractivity contribution is 7.89. The van der Waals surface area contributed by atoms with Crippen LogP contribution in [0, 0.1) is 17.6 Å². The van der Waals surface area contributed by atoms with Gasteiger partial charge in [0.05, 0.1) is 30.9 Å². The first-order valence-corrected chi connectivity index (χ1v) is 10.6. The zero-order chi connectivity index (χ0) is 20.1. The second-order valence-corrected chi connectivity index (χ2v) is 8.61. The number of rotatable bonds is 7. The first kappa shape index (κ1) is 20.6. The van der Waals surface area contributed by atoms with Crippen molar-refractivity contribution in [1.29, 1.82) is 0 Å². The van der Waals surface area contributed by atoms with Crippen LogP contribution in [-0.2, 0) is 14.8 Å². The molecule has 1 saturated heterocycles. The molecule has 0 bridgehead atoms. The van der Waals surface area contributed by atoms with Crippen LogP contribution >= 0.6 is 0 Å². The Hall–Kier alpha value is -2.10. The number of nitrogens with one attached hydrogen (secondary N) is 1. The Morgan fingerprint density at radius 1 is 1.29 bits per heavy atom. The summed E-state index contributed by atoms with van der Waals surface area (Å²) in [4.78, 5) is 3.87. The fourth-order valence-electron chi connectivity index (χ4n) is 2.96. The van der Waals surface area contributed by atoms with Crippen molar-refractivity contribution in [3.8, 4) is 17.0 Å². The lowest BCUT2D eigenvalue weighted by Crippen LogP contribution is -2.47. The summed E-state index contributed by atoms with van der Waals surface area (Å²) in [5.74, 6) is -0.906. The molecule has 152 valence electrons. The van der Waals surface area contributed by atoms with Crippen LogP contribution in [0.2, 0.25) is 0 Å². The standard InChI is InChI=1S/C19H22F2N2O4S/c1-2-28(24,25)23-18-7-8-26-11-13(18)12-27-15-4-5-16(17(21)9-15)19-6-3-14(20)10-22-19/h3-6,9-10,13,18,23H,2,7-8,11-12H2,1H3/t13-,18+/m0/s1. The van der Waals surface area contributed by atoms with Gasteiger partial charge in [0, 0.05) is 30.2 Å². The minimum atomic E-state index is -3.34. The van der Waals surface area contributed by atoms with Gasteiger partial charge in [-0.15, -0.1) is 0 Å². The molecule has 1 fully saturated rings. The number of aromatic nitrogens is 1. The van der Waals surface area contributed by atoms with E-state index in [1.807, 2.05) is 0 Å². The van der Waals surface area contributed by atoms with E-state index < -0.39 is 21.7 Å². The highest BCUT2D eigenvalue weighted by Gasteiger charge is 2.29. The van der Waals surface area contributed by atoms with Crippen LogP contribution in [0.15, 0.2) is 36.5 Å². The average Bonchev–Trinajstić information content (AvgIpc) is 2.68. The molecule has 2 aromatic rings. The third kappa shape index (κ3) is 5.24. The van der Waals surface area contributed by atoms with E-state index in [9.17, 15) is 17.2 Å². The molecule has 0 spiro atoms. The van der Waals surface area contributed by atoms with Crippen molar-refractivity contribution in [2.75, 3.05) is 25.6 Å². The Balaban J connectivity index is 1.66. The normalized spacial score (nSPS) is 20.1. The van der Waals surface area contributed by atoms with Crippen molar-refractivity contribution in [3.05, 3.63) is 48.2 Å². The SMILES string of the molecule is CCS(=O)(=O)N[C@@H]1CCOC[C@H]1COc1ccc(-c2ccc(F)cn2)c(F)c1. The van der Waals surface area contributed by atoms with Gasteiger partial charge < -0.3 is 9.47 Å². The van der Waals surface area contributed by atoms with Gasteiger partial charge >= 0.3 is 0 Å². The number of hydrogen-bond acceptors (Lipinski definition) is 5. The predicted molar refractivity (Wildman–Crippen MR) is 100 cm³/mol. The summed E-state index contributed by atoms with van der Waals surface area (Å²) in [6.07, 6.45) is 1.58. The van der Waals surface area contributed by atoms with E-state index in [1.165, 1.54) is 24.3 Å². The molecular weight excluding hydrogens is 390 g/mol. The Labute approximate surface area is 162 Å². The van der Waals surface area contributed by atoms with E-state index >= 15 is 0 Å². The zero-order valence-corrected chi connectivity index (χ0v) is 16.2. The molecule has 0 unspecified atom stereocenters. The fraction of sp³-hybridized carbons (Fsp3) is 0.421. The monoisotopic (exact) mass is 412 g/mol. The van der Waals surface area contributed by atoms with Gasteiger partial charge in [-0.3, -0.25) is 4.98 Å². The maximum absolute atomic E-state index is 14.4. The van der Waals surface area contributed by atoms with Gasteiger partial charge in [-0.1, -0.05) is 0 Å². The Morgan fingerprint density at radius 2 is 2.11 bits per heavy atom. The molecular formula is C19H22F2N2O4S. The largest absolute Gasteiger partial charge is 0.493 e. The van der Waals surface area contributed by atoms with Crippen LogP contribution in [0.1, 0.15) is 13.3 Å².